The van der Waals surface area contributed by atoms with Gasteiger partial charge in [0.15, 0.2) is 0 Å². The molecule has 0 spiro atoms. The van der Waals surface area contributed by atoms with Crippen LogP contribution in [0.25, 0.3) is 0 Å². The lowest BCUT2D eigenvalue weighted by Crippen LogP contribution is -2.37. The number of carbonyl (C=O) groups is 1. The highest BCUT2D eigenvalue weighted by Crippen LogP contribution is 2.60. The Morgan fingerprint density at radius 1 is 1.07 bits per heavy atom. The fraction of sp³-hybridized carbons (Fsp3) is 0.458. The van der Waals surface area contributed by atoms with Crippen molar-refractivity contribution >= 4 is 6.09 Å². The van der Waals surface area contributed by atoms with Crippen molar-refractivity contribution in [2.75, 3.05) is 13.2 Å². The van der Waals surface area contributed by atoms with Crippen molar-refractivity contribution in [3.05, 3.63) is 65.2 Å². The molecule has 2 aliphatic rings. The maximum Gasteiger partial charge on any atom is 0.410 e. The second-order valence-corrected chi connectivity index (χ2v) is 8.94. The molecule has 148 valence electrons. The standard InChI is InChI=1S/C24H29NO3/c1-16-21(17-8-6-5-7-9-17)22(16)18-10-11-20-19(14-18)15-25(12-13-27-20)23(26)28-24(2,3)4/h5-11,14,16,21-22H,12-13,15H2,1-4H3/t16-,21-,22-/m1/s1. The first kappa shape index (κ1) is 18.9. The number of benzene rings is 2. The predicted molar refractivity (Wildman–Crippen MR) is 110 cm³/mol. The van der Waals surface area contributed by atoms with Gasteiger partial charge in [-0.15, -0.1) is 0 Å². The molecule has 0 aromatic heterocycles. The zero-order chi connectivity index (χ0) is 19.9. The average molecular weight is 380 g/mol. The summed E-state index contributed by atoms with van der Waals surface area (Å²) in [6, 6.07) is 17.2. The summed E-state index contributed by atoms with van der Waals surface area (Å²) in [7, 11) is 0. The Kier molecular flexibility index (Phi) is 4.82. The third-order valence-corrected chi connectivity index (χ3v) is 5.66. The molecule has 2 aromatic carbocycles. The molecule has 0 unspecified atom stereocenters. The van der Waals surface area contributed by atoms with Crippen molar-refractivity contribution < 1.29 is 14.3 Å². The van der Waals surface area contributed by atoms with Crippen molar-refractivity contribution in [3.8, 4) is 5.75 Å². The Morgan fingerprint density at radius 3 is 2.50 bits per heavy atom. The van der Waals surface area contributed by atoms with Crippen LogP contribution < -0.4 is 4.74 Å². The molecule has 0 N–H and O–H groups in total. The fourth-order valence-corrected chi connectivity index (χ4v) is 4.26. The lowest BCUT2D eigenvalue weighted by atomic mass is 10.0. The minimum Gasteiger partial charge on any atom is -0.491 e. The summed E-state index contributed by atoms with van der Waals surface area (Å²) in [5.74, 6) is 2.58. The van der Waals surface area contributed by atoms with Gasteiger partial charge in [0.25, 0.3) is 0 Å². The van der Waals surface area contributed by atoms with Gasteiger partial charge in [0.05, 0.1) is 13.1 Å². The quantitative estimate of drug-likeness (QED) is 0.708. The second kappa shape index (κ2) is 7.16. The van der Waals surface area contributed by atoms with Gasteiger partial charge >= 0.3 is 6.09 Å². The van der Waals surface area contributed by atoms with E-state index in [1.807, 2.05) is 20.8 Å². The third-order valence-electron chi connectivity index (χ3n) is 5.66. The van der Waals surface area contributed by atoms with Gasteiger partial charge in [-0.1, -0.05) is 43.3 Å². The number of carbonyl (C=O) groups excluding carboxylic acids is 1. The summed E-state index contributed by atoms with van der Waals surface area (Å²) < 4.78 is 11.5. The summed E-state index contributed by atoms with van der Waals surface area (Å²) in [4.78, 5) is 14.3. The molecule has 4 nitrogen and oxygen atoms in total. The third kappa shape index (κ3) is 3.87. The lowest BCUT2D eigenvalue weighted by molar-refractivity contribution is 0.0225. The van der Waals surface area contributed by atoms with E-state index in [1.54, 1.807) is 4.90 Å². The second-order valence-electron chi connectivity index (χ2n) is 8.94. The van der Waals surface area contributed by atoms with Gasteiger partial charge in [0.2, 0.25) is 0 Å². The van der Waals surface area contributed by atoms with Crippen LogP contribution in [-0.2, 0) is 11.3 Å². The van der Waals surface area contributed by atoms with E-state index in [2.05, 4.69) is 55.5 Å². The van der Waals surface area contributed by atoms with E-state index in [0.717, 1.165) is 11.3 Å². The number of fused-ring (bicyclic) bond motifs is 1. The molecular formula is C24H29NO3. The van der Waals surface area contributed by atoms with Crippen LogP contribution >= 0.6 is 0 Å². The number of nitrogens with zero attached hydrogens (tertiary/aromatic N) is 1. The van der Waals surface area contributed by atoms with E-state index in [1.165, 1.54) is 11.1 Å². The maximum atomic E-state index is 12.5. The molecule has 1 saturated carbocycles. The number of hydrogen-bond donors (Lipinski definition) is 0. The molecular weight excluding hydrogens is 350 g/mol. The Bertz CT molecular complexity index is 856. The lowest BCUT2D eigenvalue weighted by Gasteiger charge is -2.26. The highest BCUT2D eigenvalue weighted by atomic mass is 16.6. The monoisotopic (exact) mass is 379 g/mol. The van der Waals surface area contributed by atoms with Crippen LogP contribution in [-0.4, -0.2) is 29.7 Å². The zero-order valence-corrected chi connectivity index (χ0v) is 17.1. The van der Waals surface area contributed by atoms with Crippen molar-refractivity contribution in [1.82, 2.24) is 4.90 Å². The first-order chi connectivity index (χ1) is 13.3. The number of ether oxygens (including phenoxy) is 2. The average Bonchev–Trinajstić information content (AvgIpc) is 3.36. The van der Waals surface area contributed by atoms with Crippen molar-refractivity contribution in [2.45, 2.75) is 51.7 Å². The van der Waals surface area contributed by atoms with Crippen molar-refractivity contribution in [1.29, 1.82) is 0 Å². The minimum absolute atomic E-state index is 0.281. The first-order valence-corrected chi connectivity index (χ1v) is 10.1. The zero-order valence-electron chi connectivity index (χ0n) is 17.1. The molecule has 2 aromatic rings. The molecule has 4 heteroatoms. The van der Waals surface area contributed by atoms with Gasteiger partial charge in [-0.05, 0) is 61.8 Å². The van der Waals surface area contributed by atoms with Crippen LogP contribution in [0.1, 0.15) is 56.2 Å². The summed E-state index contributed by atoms with van der Waals surface area (Å²) >= 11 is 0. The smallest absolute Gasteiger partial charge is 0.410 e. The molecule has 1 amide bonds. The fourth-order valence-electron chi connectivity index (χ4n) is 4.26. The summed E-state index contributed by atoms with van der Waals surface area (Å²) in [6.45, 7) is 9.53. The number of hydrogen-bond acceptors (Lipinski definition) is 3. The molecule has 1 fully saturated rings. The molecule has 0 radical (unpaired) electrons. The molecule has 28 heavy (non-hydrogen) atoms. The van der Waals surface area contributed by atoms with Crippen LogP contribution in [0.3, 0.4) is 0 Å². The van der Waals surface area contributed by atoms with E-state index in [4.69, 9.17) is 9.47 Å². The maximum absolute atomic E-state index is 12.5. The van der Waals surface area contributed by atoms with Crippen LogP contribution in [0, 0.1) is 5.92 Å². The Balaban J connectivity index is 1.54. The van der Waals surface area contributed by atoms with Crippen LogP contribution in [0.4, 0.5) is 4.79 Å². The van der Waals surface area contributed by atoms with Crippen molar-refractivity contribution in [2.24, 2.45) is 5.92 Å². The first-order valence-electron chi connectivity index (χ1n) is 10.1. The molecule has 1 aliphatic carbocycles. The van der Waals surface area contributed by atoms with Crippen LogP contribution in [0.5, 0.6) is 5.75 Å². The molecule has 0 bridgehead atoms. The Labute approximate surface area is 167 Å². The summed E-state index contributed by atoms with van der Waals surface area (Å²) in [5.41, 5.74) is 3.30. The molecule has 1 heterocycles. The van der Waals surface area contributed by atoms with Gasteiger partial charge in [0, 0.05) is 5.56 Å². The molecule has 0 saturated heterocycles. The van der Waals surface area contributed by atoms with Crippen LogP contribution in [0.2, 0.25) is 0 Å². The summed E-state index contributed by atoms with van der Waals surface area (Å²) in [5, 5.41) is 0. The Hall–Kier alpha value is -2.49. The van der Waals surface area contributed by atoms with Gasteiger partial charge in [-0.2, -0.15) is 0 Å². The highest BCUT2D eigenvalue weighted by molar-refractivity contribution is 5.68. The van der Waals surface area contributed by atoms with E-state index in [0.29, 0.717) is 37.5 Å². The van der Waals surface area contributed by atoms with Crippen molar-refractivity contribution in [3.63, 3.8) is 0 Å². The normalized spacial score (nSPS) is 24.0. The summed E-state index contributed by atoms with van der Waals surface area (Å²) in [6.07, 6.45) is -0.281. The topological polar surface area (TPSA) is 38.8 Å². The van der Waals surface area contributed by atoms with E-state index in [9.17, 15) is 4.79 Å². The predicted octanol–water partition coefficient (Wildman–Crippen LogP) is 5.33. The molecule has 3 atom stereocenters. The minimum atomic E-state index is -0.499. The Morgan fingerprint density at radius 2 is 1.79 bits per heavy atom. The van der Waals surface area contributed by atoms with Gasteiger partial charge < -0.3 is 14.4 Å². The largest absolute Gasteiger partial charge is 0.491 e. The SMILES string of the molecule is C[C@@H]1[C@H](c2ccccc2)[C@H]1c1ccc2c(c1)CN(C(=O)OC(C)(C)C)CCO2. The highest BCUT2D eigenvalue weighted by Gasteiger charge is 2.48. The van der Waals surface area contributed by atoms with Gasteiger partial charge in [-0.3, -0.25) is 0 Å². The van der Waals surface area contributed by atoms with Gasteiger partial charge in [0.1, 0.15) is 18.0 Å². The van der Waals surface area contributed by atoms with Gasteiger partial charge in [-0.25, -0.2) is 4.79 Å². The number of amides is 1. The van der Waals surface area contributed by atoms with Crippen LogP contribution in [0.15, 0.2) is 48.5 Å². The van der Waals surface area contributed by atoms with E-state index >= 15 is 0 Å². The van der Waals surface area contributed by atoms with E-state index in [-0.39, 0.29) is 6.09 Å². The number of rotatable bonds is 2. The molecule has 1 aliphatic heterocycles. The molecule has 4 rings (SSSR count). The van der Waals surface area contributed by atoms with E-state index < -0.39 is 5.60 Å².